The van der Waals surface area contributed by atoms with Gasteiger partial charge in [0.05, 0.1) is 0 Å². The topological polar surface area (TPSA) is 26.0 Å². The molecule has 0 aromatic heterocycles. The van der Waals surface area contributed by atoms with Gasteiger partial charge in [0.25, 0.3) is 0 Å². The van der Waals surface area contributed by atoms with Gasteiger partial charge in [0.2, 0.25) is 0 Å². The minimum Gasteiger partial charge on any atom is -0.330 e. The smallest absolute Gasteiger partial charge is 0.0452 e. The largest absolute Gasteiger partial charge is 0.330 e. The van der Waals surface area contributed by atoms with Crippen LogP contribution in [0.15, 0.2) is 18.2 Å². The lowest BCUT2D eigenvalue weighted by Crippen LogP contribution is -1.99. The highest BCUT2D eigenvalue weighted by atomic mass is 35.5. The first-order valence-corrected chi connectivity index (χ1v) is 5.13. The minimum atomic E-state index is 0.688. The summed E-state index contributed by atoms with van der Waals surface area (Å²) in [6, 6.07) is 5.62. The fourth-order valence-corrected chi connectivity index (χ4v) is 1.69. The molecular weight excluding hydrogens is 205 g/mol. The average molecular weight is 218 g/mol. The maximum atomic E-state index is 5.99. The van der Waals surface area contributed by atoms with Gasteiger partial charge in [0.1, 0.15) is 0 Å². The summed E-state index contributed by atoms with van der Waals surface area (Å²) in [5, 5.41) is 1.44. The summed E-state index contributed by atoms with van der Waals surface area (Å²) in [7, 11) is 0. The number of halogens is 2. The zero-order chi connectivity index (χ0) is 9.68. The number of aryl methyl sites for hydroxylation is 1. The molecule has 72 valence electrons. The van der Waals surface area contributed by atoms with Crippen LogP contribution in [0.1, 0.15) is 18.4 Å². The van der Waals surface area contributed by atoms with Crippen LogP contribution in [-0.4, -0.2) is 6.54 Å². The van der Waals surface area contributed by atoms with Gasteiger partial charge in [-0.3, -0.25) is 0 Å². The fraction of sp³-hybridized carbons (Fsp3) is 0.400. The molecule has 2 N–H and O–H groups in total. The molecule has 0 aliphatic heterocycles. The van der Waals surface area contributed by atoms with Crippen LogP contribution in [0.3, 0.4) is 0 Å². The molecule has 0 saturated carbocycles. The Kier molecular flexibility index (Phi) is 4.57. The van der Waals surface area contributed by atoms with E-state index in [0.717, 1.165) is 36.4 Å². The van der Waals surface area contributed by atoms with Gasteiger partial charge >= 0.3 is 0 Å². The Morgan fingerprint density at radius 1 is 1.15 bits per heavy atom. The molecule has 0 unspecified atom stereocenters. The molecule has 0 radical (unpaired) electrons. The Hall–Kier alpha value is -0.240. The third kappa shape index (κ3) is 3.55. The lowest BCUT2D eigenvalue weighted by Gasteiger charge is -2.03. The van der Waals surface area contributed by atoms with Crippen molar-refractivity contribution in [1.29, 1.82) is 0 Å². The first kappa shape index (κ1) is 10.8. The van der Waals surface area contributed by atoms with Crippen LogP contribution in [0.5, 0.6) is 0 Å². The standard InChI is InChI=1S/C10H13Cl2N/c11-9-5-4-8(10(12)7-9)3-1-2-6-13/h4-5,7H,1-3,6,13H2. The highest BCUT2D eigenvalue weighted by Gasteiger charge is 2.00. The summed E-state index contributed by atoms with van der Waals surface area (Å²) in [6.45, 7) is 0.741. The third-order valence-electron chi connectivity index (χ3n) is 1.92. The average Bonchev–Trinajstić information content (AvgIpc) is 2.09. The Labute approximate surface area is 88.8 Å². The van der Waals surface area contributed by atoms with E-state index < -0.39 is 0 Å². The predicted octanol–water partition coefficient (Wildman–Crippen LogP) is 3.27. The Bertz CT molecular complexity index is 274. The zero-order valence-corrected chi connectivity index (χ0v) is 8.91. The molecule has 0 spiro atoms. The van der Waals surface area contributed by atoms with Crippen LogP contribution in [0.25, 0.3) is 0 Å². The summed E-state index contributed by atoms with van der Waals surface area (Å²) in [5.74, 6) is 0. The lowest BCUT2D eigenvalue weighted by atomic mass is 10.1. The molecule has 1 rings (SSSR count). The number of nitrogens with two attached hydrogens (primary N) is 1. The van der Waals surface area contributed by atoms with Gasteiger partial charge in [0, 0.05) is 10.0 Å². The summed E-state index contributed by atoms with van der Waals surface area (Å²) in [4.78, 5) is 0. The molecule has 0 aliphatic carbocycles. The Morgan fingerprint density at radius 3 is 2.54 bits per heavy atom. The first-order valence-electron chi connectivity index (χ1n) is 4.38. The maximum absolute atomic E-state index is 5.99. The van der Waals surface area contributed by atoms with Crippen LogP contribution >= 0.6 is 23.2 Å². The summed E-state index contributed by atoms with van der Waals surface area (Å²) >= 11 is 11.8. The van der Waals surface area contributed by atoms with Crippen molar-refractivity contribution in [2.24, 2.45) is 5.73 Å². The second-order valence-electron chi connectivity index (χ2n) is 2.98. The van der Waals surface area contributed by atoms with E-state index in [4.69, 9.17) is 28.9 Å². The van der Waals surface area contributed by atoms with Crippen molar-refractivity contribution in [3.63, 3.8) is 0 Å². The SMILES string of the molecule is NCCCCc1ccc(Cl)cc1Cl. The van der Waals surface area contributed by atoms with Crippen molar-refractivity contribution in [2.45, 2.75) is 19.3 Å². The van der Waals surface area contributed by atoms with Crippen LogP contribution in [0.2, 0.25) is 10.0 Å². The summed E-state index contributed by atoms with van der Waals surface area (Å²) in [5.41, 5.74) is 6.55. The monoisotopic (exact) mass is 217 g/mol. The van der Waals surface area contributed by atoms with Crippen molar-refractivity contribution in [2.75, 3.05) is 6.54 Å². The van der Waals surface area contributed by atoms with Crippen LogP contribution in [0.4, 0.5) is 0 Å². The van der Waals surface area contributed by atoms with Gasteiger partial charge in [-0.15, -0.1) is 0 Å². The molecule has 3 heteroatoms. The lowest BCUT2D eigenvalue weighted by molar-refractivity contribution is 0.745. The second kappa shape index (κ2) is 5.48. The number of benzene rings is 1. The number of unbranched alkanes of at least 4 members (excludes halogenated alkanes) is 1. The number of hydrogen-bond donors (Lipinski definition) is 1. The normalized spacial score (nSPS) is 10.4. The van der Waals surface area contributed by atoms with E-state index in [1.165, 1.54) is 0 Å². The van der Waals surface area contributed by atoms with E-state index >= 15 is 0 Å². The minimum absolute atomic E-state index is 0.688. The van der Waals surface area contributed by atoms with E-state index in [1.54, 1.807) is 6.07 Å². The van der Waals surface area contributed by atoms with E-state index in [9.17, 15) is 0 Å². The Balaban J connectivity index is 2.56. The quantitative estimate of drug-likeness (QED) is 0.771. The summed E-state index contributed by atoms with van der Waals surface area (Å²) < 4.78 is 0. The van der Waals surface area contributed by atoms with E-state index in [1.807, 2.05) is 12.1 Å². The molecule has 0 saturated heterocycles. The van der Waals surface area contributed by atoms with E-state index in [-0.39, 0.29) is 0 Å². The molecule has 0 atom stereocenters. The van der Waals surface area contributed by atoms with Crippen molar-refractivity contribution in [3.8, 4) is 0 Å². The molecule has 0 heterocycles. The van der Waals surface area contributed by atoms with Crippen molar-refractivity contribution < 1.29 is 0 Å². The molecule has 0 bridgehead atoms. The molecule has 0 amide bonds. The third-order valence-corrected chi connectivity index (χ3v) is 2.50. The molecule has 1 aromatic carbocycles. The van der Waals surface area contributed by atoms with E-state index in [2.05, 4.69) is 0 Å². The number of rotatable bonds is 4. The number of hydrogen-bond acceptors (Lipinski definition) is 1. The fourth-order valence-electron chi connectivity index (χ4n) is 1.18. The maximum Gasteiger partial charge on any atom is 0.0452 e. The van der Waals surface area contributed by atoms with Gasteiger partial charge in [-0.1, -0.05) is 29.3 Å². The van der Waals surface area contributed by atoms with Crippen molar-refractivity contribution >= 4 is 23.2 Å². The van der Waals surface area contributed by atoms with Gasteiger partial charge < -0.3 is 5.73 Å². The summed E-state index contributed by atoms with van der Waals surface area (Å²) in [6.07, 6.45) is 3.10. The molecule has 0 aliphatic rings. The predicted molar refractivity (Wildman–Crippen MR) is 58.5 cm³/mol. The molecular formula is C10H13Cl2N. The van der Waals surface area contributed by atoms with Crippen molar-refractivity contribution in [3.05, 3.63) is 33.8 Å². The van der Waals surface area contributed by atoms with Crippen LogP contribution in [-0.2, 0) is 6.42 Å². The molecule has 13 heavy (non-hydrogen) atoms. The zero-order valence-electron chi connectivity index (χ0n) is 7.39. The van der Waals surface area contributed by atoms with E-state index in [0.29, 0.717) is 5.02 Å². The second-order valence-corrected chi connectivity index (χ2v) is 3.83. The van der Waals surface area contributed by atoms with Crippen LogP contribution < -0.4 is 5.73 Å². The molecule has 1 aromatic rings. The van der Waals surface area contributed by atoms with Crippen molar-refractivity contribution in [1.82, 2.24) is 0 Å². The van der Waals surface area contributed by atoms with Gasteiger partial charge in [-0.05, 0) is 43.5 Å². The van der Waals surface area contributed by atoms with Crippen LogP contribution in [0, 0.1) is 0 Å². The first-order chi connectivity index (χ1) is 6.24. The van der Waals surface area contributed by atoms with Gasteiger partial charge in [0.15, 0.2) is 0 Å². The Morgan fingerprint density at radius 2 is 1.92 bits per heavy atom. The highest BCUT2D eigenvalue weighted by Crippen LogP contribution is 2.22. The highest BCUT2D eigenvalue weighted by molar-refractivity contribution is 6.35. The van der Waals surface area contributed by atoms with Gasteiger partial charge in [-0.2, -0.15) is 0 Å². The molecule has 0 fully saturated rings. The van der Waals surface area contributed by atoms with Gasteiger partial charge in [-0.25, -0.2) is 0 Å². The molecule has 1 nitrogen and oxygen atoms in total.